The Kier molecular flexibility index (Phi) is 4.82. The molecule has 2 rings (SSSR count). The van der Waals surface area contributed by atoms with Crippen LogP contribution in [0.3, 0.4) is 0 Å². The van der Waals surface area contributed by atoms with Gasteiger partial charge in [-0.3, -0.25) is 4.79 Å². The van der Waals surface area contributed by atoms with Gasteiger partial charge >= 0.3 is 0 Å². The van der Waals surface area contributed by atoms with Crippen molar-refractivity contribution >= 4 is 18.5 Å². The van der Waals surface area contributed by atoms with Crippen molar-refractivity contribution in [2.75, 3.05) is 26.8 Å². The third kappa shape index (κ3) is 4.21. The van der Waals surface area contributed by atoms with Gasteiger partial charge in [-0.2, -0.15) is 0 Å². The molecule has 0 radical (unpaired) electrons. The van der Waals surface area contributed by atoms with Crippen LogP contribution in [-0.2, 0) is 4.74 Å². The summed E-state index contributed by atoms with van der Waals surface area (Å²) >= 11 is 3.98. The van der Waals surface area contributed by atoms with Crippen molar-refractivity contribution in [2.45, 2.75) is 17.7 Å². The molecule has 1 aromatic carbocycles. The molecule has 0 N–H and O–H groups in total. The second-order valence-electron chi connectivity index (χ2n) is 4.91. The fourth-order valence-corrected chi connectivity index (χ4v) is 1.92. The van der Waals surface area contributed by atoms with Crippen LogP contribution >= 0.6 is 12.6 Å². The van der Waals surface area contributed by atoms with Crippen molar-refractivity contribution < 1.29 is 13.9 Å². The van der Waals surface area contributed by atoms with Gasteiger partial charge in [0.1, 0.15) is 5.82 Å². The molecule has 0 heterocycles. The number of carbonyl (C=O) groups excluding carboxylic acids is 1. The number of amides is 1. The van der Waals surface area contributed by atoms with E-state index in [2.05, 4.69) is 12.6 Å². The first-order valence-corrected chi connectivity index (χ1v) is 6.84. The lowest BCUT2D eigenvalue weighted by Crippen LogP contribution is -2.30. The Hall–Kier alpha value is -1.07. The molecule has 1 fully saturated rings. The molecular weight excluding hydrogens is 265 g/mol. The summed E-state index contributed by atoms with van der Waals surface area (Å²) in [6.07, 6.45) is 2.52. The molecule has 0 atom stereocenters. The minimum atomic E-state index is -0.421. The smallest absolute Gasteiger partial charge is 0.253 e. The van der Waals surface area contributed by atoms with E-state index in [9.17, 15) is 9.18 Å². The van der Waals surface area contributed by atoms with Gasteiger partial charge in [0, 0.05) is 30.7 Å². The maximum atomic E-state index is 13.1. The Morgan fingerprint density at radius 3 is 2.89 bits per heavy atom. The first-order chi connectivity index (χ1) is 9.08. The van der Waals surface area contributed by atoms with Crippen molar-refractivity contribution in [3.05, 3.63) is 29.6 Å². The van der Waals surface area contributed by atoms with Crippen molar-refractivity contribution in [3.63, 3.8) is 0 Å². The largest absolute Gasteiger partial charge is 0.379 e. The van der Waals surface area contributed by atoms with E-state index in [-0.39, 0.29) is 10.8 Å². The first kappa shape index (κ1) is 14.3. The molecule has 5 heteroatoms. The summed E-state index contributed by atoms with van der Waals surface area (Å²) in [5.74, 6) is 0.158. The first-order valence-electron chi connectivity index (χ1n) is 6.39. The van der Waals surface area contributed by atoms with Crippen LogP contribution in [0.5, 0.6) is 0 Å². The standard InChI is InChI=1S/C14H18FNO2S/c1-16(6-7-18-9-10-2-3-10)14(17)11-4-5-12(15)13(19)8-11/h4-5,8,10,19H,2-3,6-7,9H2,1H3. The second-order valence-corrected chi connectivity index (χ2v) is 5.39. The van der Waals surface area contributed by atoms with E-state index in [1.807, 2.05) is 0 Å². The van der Waals surface area contributed by atoms with Crippen molar-refractivity contribution in [1.29, 1.82) is 0 Å². The van der Waals surface area contributed by atoms with Gasteiger partial charge in [-0.1, -0.05) is 0 Å². The van der Waals surface area contributed by atoms with Gasteiger partial charge in [0.2, 0.25) is 0 Å². The molecule has 1 amide bonds. The van der Waals surface area contributed by atoms with E-state index >= 15 is 0 Å². The zero-order valence-corrected chi connectivity index (χ0v) is 11.8. The summed E-state index contributed by atoms with van der Waals surface area (Å²) in [5, 5.41) is 0. The maximum absolute atomic E-state index is 13.1. The molecule has 3 nitrogen and oxygen atoms in total. The Balaban J connectivity index is 1.81. The highest BCUT2D eigenvalue weighted by Crippen LogP contribution is 2.28. The maximum Gasteiger partial charge on any atom is 0.253 e. The van der Waals surface area contributed by atoms with E-state index in [0.717, 1.165) is 12.5 Å². The summed E-state index contributed by atoms with van der Waals surface area (Å²) in [4.78, 5) is 13.8. The number of nitrogens with zero attached hydrogens (tertiary/aromatic N) is 1. The molecule has 1 aliphatic rings. The van der Waals surface area contributed by atoms with Crippen LogP contribution in [0.15, 0.2) is 23.1 Å². The number of hydrogen-bond acceptors (Lipinski definition) is 3. The Morgan fingerprint density at radius 1 is 1.53 bits per heavy atom. The van der Waals surface area contributed by atoms with Crippen LogP contribution in [0, 0.1) is 11.7 Å². The monoisotopic (exact) mass is 283 g/mol. The molecule has 0 unspecified atom stereocenters. The predicted molar refractivity (Wildman–Crippen MR) is 74.2 cm³/mol. The predicted octanol–water partition coefficient (Wildman–Crippen LogP) is 2.61. The van der Waals surface area contributed by atoms with Crippen molar-refractivity contribution in [1.82, 2.24) is 4.90 Å². The minimum Gasteiger partial charge on any atom is -0.379 e. The average molecular weight is 283 g/mol. The van der Waals surface area contributed by atoms with E-state index < -0.39 is 5.82 Å². The van der Waals surface area contributed by atoms with E-state index in [4.69, 9.17) is 4.74 Å². The molecule has 1 aromatic rings. The number of carbonyl (C=O) groups is 1. The van der Waals surface area contributed by atoms with Gasteiger partial charge in [0.15, 0.2) is 0 Å². The Bertz CT molecular complexity index is 463. The second kappa shape index (κ2) is 6.39. The Labute approximate surface area is 118 Å². The molecule has 1 saturated carbocycles. The van der Waals surface area contributed by atoms with E-state index in [0.29, 0.717) is 18.7 Å². The lowest BCUT2D eigenvalue weighted by molar-refractivity contribution is 0.0681. The third-order valence-electron chi connectivity index (χ3n) is 3.16. The molecule has 1 aliphatic carbocycles. The third-order valence-corrected chi connectivity index (χ3v) is 3.50. The fourth-order valence-electron chi connectivity index (χ4n) is 1.70. The number of ether oxygens (including phenoxy) is 1. The van der Waals surface area contributed by atoms with Crippen LogP contribution in [0.1, 0.15) is 23.2 Å². The van der Waals surface area contributed by atoms with Crippen LogP contribution in [-0.4, -0.2) is 37.6 Å². The SMILES string of the molecule is CN(CCOCC1CC1)C(=O)c1ccc(F)c(S)c1. The van der Waals surface area contributed by atoms with Crippen LogP contribution in [0.2, 0.25) is 0 Å². The van der Waals surface area contributed by atoms with Gasteiger partial charge in [-0.15, -0.1) is 12.6 Å². The van der Waals surface area contributed by atoms with Gasteiger partial charge in [0.05, 0.1) is 6.61 Å². The number of halogens is 1. The highest BCUT2D eigenvalue weighted by Gasteiger charge is 2.21. The molecular formula is C14H18FNO2S. The summed E-state index contributed by atoms with van der Waals surface area (Å²) in [6.45, 7) is 1.86. The Morgan fingerprint density at radius 2 is 2.26 bits per heavy atom. The van der Waals surface area contributed by atoms with Gasteiger partial charge in [0.25, 0.3) is 5.91 Å². The average Bonchev–Trinajstić information content (AvgIpc) is 3.21. The molecule has 104 valence electrons. The fraction of sp³-hybridized carbons (Fsp3) is 0.500. The lowest BCUT2D eigenvalue weighted by Gasteiger charge is -2.17. The zero-order chi connectivity index (χ0) is 13.8. The zero-order valence-electron chi connectivity index (χ0n) is 10.9. The molecule has 0 spiro atoms. The van der Waals surface area contributed by atoms with Crippen molar-refractivity contribution in [2.24, 2.45) is 5.92 Å². The van der Waals surface area contributed by atoms with Crippen LogP contribution in [0.25, 0.3) is 0 Å². The molecule has 0 aromatic heterocycles. The van der Waals surface area contributed by atoms with E-state index in [1.165, 1.54) is 31.0 Å². The highest BCUT2D eigenvalue weighted by atomic mass is 32.1. The highest BCUT2D eigenvalue weighted by molar-refractivity contribution is 7.80. The van der Waals surface area contributed by atoms with Gasteiger partial charge in [-0.05, 0) is 37.0 Å². The number of thiol groups is 1. The quantitative estimate of drug-likeness (QED) is 0.642. The van der Waals surface area contributed by atoms with Crippen molar-refractivity contribution in [3.8, 4) is 0 Å². The van der Waals surface area contributed by atoms with E-state index in [1.54, 1.807) is 11.9 Å². The van der Waals surface area contributed by atoms with Crippen LogP contribution < -0.4 is 0 Å². The summed E-state index contributed by atoms with van der Waals surface area (Å²) in [6, 6.07) is 4.17. The van der Waals surface area contributed by atoms with Gasteiger partial charge in [-0.25, -0.2) is 4.39 Å². The number of hydrogen-bond donors (Lipinski definition) is 1. The lowest BCUT2D eigenvalue weighted by atomic mass is 10.2. The summed E-state index contributed by atoms with van der Waals surface area (Å²) in [7, 11) is 1.71. The van der Waals surface area contributed by atoms with Crippen LogP contribution in [0.4, 0.5) is 4.39 Å². The number of benzene rings is 1. The summed E-state index contributed by atoms with van der Waals surface area (Å²) in [5.41, 5.74) is 0.441. The topological polar surface area (TPSA) is 29.5 Å². The molecule has 0 saturated heterocycles. The minimum absolute atomic E-state index is 0.148. The number of rotatable bonds is 6. The normalized spacial score (nSPS) is 14.5. The molecule has 19 heavy (non-hydrogen) atoms. The molecule has 0 bridgehead atoms. The number of likely N-dealkylation sites (N-methyl/N-ethyl adjacent to an activating group) is 1. The summed E-state index contributed by atoms with van der Waals surface area (Å²) < 4.78 is 18.6. The van der Waals surface area contributed by atoms with Gasteiger partial charge < -0.3 is 9.64 Å². The molecule has 0 aliphatic heterocycles.